The minimum Gasteiger partial charge on any atom is -0.445 e. The van der Waals surface area contributed by atoms with E-state index in [1.54, 1.807) is 36.4 Å². The van der Waals surface area contributed by atoms with Crippen LogP contribution in [-0.4, -0.2) is 72.3 Å². The molecule has 3 atom stereocenters. The number of ether oxygens (including phenoxy) is 3. The summed E-state index contributed by atoms with van der Waals surface area (Å²) in [5, 5.41) is 16.1. The minimum absolute atomic E-state index is 0.0559. The molecule has 6 rings (SSSR count). The number of carbonyl (C=O) groups excluding carboxylic acids is 6. The van der Waals surface area contributed by atoms with Crippen molar-refractivity contribution in [3.8, 4) is 0 Å². The molecule has 0 radical (unpaired) electrons. The van der Waals surface area contributed by atoms with Crippen molar-refractivity contribution in [3.63, 3.8) is 0 Å². The number of amides is 6. The largest absolute Gasteiger partial charge is 0.445 e. The van der Waals surface area contributed by atoms with Crippen molar-refractivity contribution in [1.29, 1.82) is 0 Å². The Morgan fingerprint density at radius 3 is 0.849 bits per heavy atom. The molecule has 380 valence electrons. The maximum absolute atomic E-state index is 13.4. The van der Waals surface area contributed by atoms with Gasteiger partial charge in [0.25, 0.3) is 0 Å². The summed E-state index contributed by atoms with van der Waals surface area (Å²) in [5.74, 6) is -2.05. The first-order valence-corrected chi connectivity index (χ1v) is 23.3. The Morgan fingerprint density at radius 1 is 0.384 bits per heavy atom. The van der Waals surface area contributed by atoms with Crippen LogP contribution in [0.4, 0.5) is 31.4 Å². The Kier molecular flexibility index (Phi) is 18.4. The van der Waals surface area contributed by atoms with Gasteiger partial charge in [0.15, 0.2) is 0 Å². The van der Waals surface area contributed by atoms with E-state index < -0.39 is 58.5 Å². The molecule has 18 heteroatoms. The molecule has 0 saturated carbocycles. The van der Waals surface area contributed by atoms with Gasteiger partial charge in [-0.15, -0.1) is 0 Å². The minimum atomic E-state index is -1.50. The summed E-state index contributed by atoms with van der Waals surface area (Å²) in [6.45, 7) is 4.05. The van der Waals surface area contributed by atoms with Gasteiger partial charge in [-0.3, -0.25) is 14.4 Å². The maximum Gasteiger partial charge on any atom is 0.407 e. The van der Waals surface area contributed by atoms with E-state index in [0.717, 1.165) is 33.4 Å². The molecule has 6 amide bonds. The van der Waals surface area contributed by atoms with E-state index >= 15 is 0 Å². The number of nitrogens with one attached hydrogen (secondary N) is 6. The fraction of sp³-hybridized carbons (Fsp3) is 0.236. The number of hydrogen-bond acceptors (Lipinski definition) is 12. The van der Waals surface area contributed by atoms with Gasteiger partial charge >= 0.3 is 18.3 Å². The summed E-state index contributed by atoms with van der Waals surface area (Å²) in [6.07, 6.45) is -2.16. The Bertz CT molecular complexity index is 2490. The first-order valence-electron chi connectivity index (χ1n) is 23.3. The highest BCUT2D eigenvalue weighted by molar-refractivity contribution is 5.99. The van der Waals surface area contributed by atoms with E-state index in [0.29, 0.717) is 17.1 Å². The van der Waals surface area contributed by atoms with Crippen molar-refractivity contribution in [2.45, 2.75) is 63.1 Å². The van der Waals surface area contributed by atoms with Crippen molar-refractivity contribution >= 4 is 53.1 Å². The topological polar surface area (TPSA) is 280 Å². The Morgan fingerprint density at radius 2 is 0.616 bits per heavy atom. The molecule has 73 heavy (non-hydrogen) atoms. The Balaban J connectivity index is 1.12. The average molecular weight is 992 g/mol. The van der Waals surface area contributed by atoms with Crippen molar-refractivity contribution in [1.82, 2.24) is 16.0 Å². The molecule has 0 fully saturated rings. The van der Waals surface area contributed by atoms with Crippen LogP contribution in [-0.2, 0) is 48.4 Å². The van der Waals surface area contributed by atoms with Gasteiger partial charge in [-0.25, -0.2) is 14.4 Å². The zero-order chi connectivity index (χ0) is 52.4. The van der Waals surface area contributed by atoms with Gasteiger partial charge in [0.2, 0.25) is 17.7 Å². The molecule has 18 nitrogen and oxygen atoms in total. The SMILES string of the molecule is C[C@@](N)(CNC(=O)OCc1ccccc1)C(=O)Nc1ccc(C(c2ccc(NC(=O)[C@](C)(N)CNC(=O)OCc3ccccc3)cc2)c2ccc(NC(=O)[C@](C)(N)CNC(=O)OCc3ccccc3)cc2)cc1. The second-order valence-electron chi connectivity index (χ2n) is 18.2. The third-order valence-electron chi connectivity index (χ3n) is 11.5. The molecule has 6 aromatic carbocycles. The lowest BCUT2D eigenvalue weighted by Crippen LogP contribution is -2.56. The van der Waals surface area contributed by atoms with Crippen molar-refractivity contribution in [2.24, 2.45) is 17.2 Å². The Labute approximate surface area is 423 Å². The predicted octanol–water partition coefficient (Wildman–Crippen LogP) is 6.61. The number of hydrogen-bond donors (Lipinski definition) is 9. The van der Waals surface area contributed by atoms with Gasteiger partial charge in [-0.05, 0) is 90.6 Å². The molecule has 12 N–H and O–H groups in total. The zero-order valence-corrected chi connectivity index (χ0v) is 40.8. The molecule has 6 aromatic rings. The van der Waals surface area contributed by atoms with Gasteiger partial charge in [0, 0.05) is 42.6 Å². The van der Waals surface area contributed by atoms with Gasteiger partial charge in [0.1, 0.15) is 36.4 Å². The van der Waals surface area contributed by atoms with Crippen molar-refractivity contribution in [3.05, 3.63) is 197 Å². The van der Waals surface area contributed by atoms with Gasteiger partial charge < -0.3 is 63.3 Å². The molecule has 0 heterocycles. The molecule has 0 unspecified atom stereocenters. The lowest BCUT2D eigenvalue weighted by atomic mass is 9.85. The summed E-state index contributed by atoms with van der Waals surface area (Å²) in [6, 6.07) is 48.9. The van der Waals surface area contributed by atoms with Crippen LogP contribution in [0.3, 0.4) is 0 Å². The van der Waals surface area contributed by atoms with E-state index in [1.807, 2.05) is 127 Å². The molecule has 0 aliphatic carbocycles. The summed E-state index contributed by atoms with van der Waals surface area (Å²) < 4.78 is 15.8. The van der Waals surface area contributed by atoms with E-state index in [2.05, 4.69) is 31.9 Å². The molecule has 0 aliphatic rings. The van der Waals surface area contributed by atoms with Gasteiger partial charge in [-0.2, -0.15) is 0 Å². The highest BCUT2D eigenvalue weighted by atomic mass is 16.6. The lowest BCUT2D eigenvalue weighted by molar-refractivity contribution is -0.121. The third kappa shape index (κ3) is 16.5. The van der Waals surface area contributed by atoms with Crippen LogP contribution in [0.1, 0.15) is 60.1 Å². The number of carbonyl (C=O) groups is 6. The van der Waals surface area contributed by atoms with Crippen LogP contribution in [0.5, 0.6) is 0 Å². The molecular weight excluding hydrogens is 931 g/mol. The molecule has 0 spiro atoms. The maximum atomic E-state index is 13.4. The average Bonchev–Trinajstić information content (AvgIpc) is 3.39. The van der Waals surface area contributed by atoms with E-state index in [4.69, 9.17) is 31.4 Å². The van der Waals surface area contributed by atoms with Crippen LogP contribution in [0.2, 0.25) is 0 Å². The molecule has 0 aromatic heterocycles. The molecule has 0 bridgehead atoms. The summed E-state index contributed by atoms with van der Waals surface area (Å²) >= 11 is 0. The van der Waals surface area contributed by atoms with Crippen molar-refractivity contribution < 1.29 is 43.0 Å². The third-order valence-corrected chi connectivity index (χ3v) is 11.5. The van der Waals surface area contributed by atoms with Crippen molar-refractivity contribution in [2.75, 3.05) is 35.6 Å². The number of benzene rings is 6. The smallest absolute Gasteiger partial charge is 0.407 e. The van der Waals surface area contributed by atoms with E-state index in [-0.39, 0.29) is 39.5 Å². The van der Waals surface area contributed by atoms with Gasteiger partial charge in [-0.1, -0.05) is 127 Å². The second kappa shape index (κ2) is 25.0. The fourth-order valence-corrected chi connectivity index (χ4v) is 7.01. The fourth-order valence-electron chi connectivity index (χ4n) is 7.01. The number of anilines is 3. The van der Waals surface area contributed by atoms with Crippen LogP contribution in [0.15, 0.2) is 164 Å². The first-order chi connectivity index (χ1) is 34.9. The standard InChI is InChI=1S/C55H61N9O9/c1-53(56,34-59-50(68)71-31-37-13-7-4-8-14-37)47(65)62-43-25-19-40(20-26-43)46(41-21-27-44(28-22-41)63-48(66)54(2,57)35-60-51(69)72-32-38-15-9-5-10-16-38)42-23-29-45(30-24-42)64-49(67)55(3,58)36-61-52(70)73-33-39-17-11-6-12-18-39/h4-30,46H,31-36,56-58H2,1-3H3,(H,59,68)(H,60,69)(H,61,70)(H,62,65)(H,63,66)(H,64,67)/t53-,54-,55-/m1/s1. The summed E-state index contributed by atoms with van der Waals surface area (Å²) in [7, 11) is 0. The number of rotatable bonds is 21. The predicted molar refractivity (Wildman–Crippen MR) is 278 cm³/mol. The summed E-state index contributed by atoms with van der Waals surface area (Å²) in [5.41, 5.74) is 20.7. The first kappa shape index (κ1) is 53.8. The highest BCUT2D eigenvalue weighted by Gasteiger charge is 2.32. The lowest BCUT2D eigenvalue weighted by Gasteiger charge is -2.25. The van der Waals surface area contributed by atoms with Crippen LogP contribution < -0.4 is 49.1 Å². The van der Waals surface area contributed by atoms with Crippen LogP contribution in [0, 0.1) is 0 Å². The second-order valence-corrected chi connectivity index (χ2v) is 18.2. The van der Waals surface area contributed by atoms with E-state index in [9.17, 15) is 28.8 Å². The highest BCUT2D eigenvalue weighted by Crippen LogP contribution is 2.34. The summed E-state index contributed by atoms with van der Waals surface area (Å²) in [4.78, 5) is 77.2. The normalized spacial score (nSPS) is 13.4. The number of alkyl carbamates (subject to hydrolysis) is 3. The van der Waals surface area contributed by atoms with Crippen LogP contribution in [0.25, 0.3) is 0 Å². The monoisotopic (exact) mass is 991 g/mol. The zero-order valence-electron chi connectivity index (χ0n) is 40.8. The quantitative estimate of drug-likeness (QED) is 0.0272. The number of nitrogens with two attached hydrogens (primary N) is 3. The Hall–Kier alpha value is -8.58. The molecule has 0 saturated heterocycles. The van der Waals surface area contributed by atoms with Crippen LogP contribution >= 0.6 is 0 Å². The van der Waals surface area contributed by atoms with E-state index in [1.165, 1.54) is 20.8 Å². The van der Waals surface area contributed by atoms with Gasteiger partial charge in [0.05, 0.1) is 0 Å². The molecule has 0 aliphatic heterocycles. The molecular formula is C55H61N9O9.